The van der Waals surface area contributed by atoms with E-state index in [0.717, 1.165) is 10.2 Å². The maximum atomic E-state index is 12.0. The van der Waals surface area contributed by atoms with Crippen molar-refractivity contribution < 1.29 is 14.3 Å². The lowest BCUT2D eigenvalue weighted by Gasteiger charge is -2.09. The molecule has 4 nitrogen and oxygen atoms in total. The number of ketones is 1. The average molecular weight is 376 g/mol. The topological polar surface area (TPSA) is 55.4 Å². The van der Waals surface area contributed by atoms with Gasteiger partial charge in [0, 0.05) is 16.5 Å². The van der Waals surface area contributed by atoms with Crippen LogP contribution >= 0.6 is 15.9 Å². The largest absolute Gasteiger partial charge is 0.494 e. The van der Waals surface area contributed by atoms with Crippen LogP contribution in [-0.4, -0.2) is 18.3 Å². The van der Waals surface area contributed by atoms with Crippen LogP contribution in [0.5, 0.6) is 5.75 Å². The van der Waals surface area contributed by atoms with Gasteiger partial charge in [0.15, 0.2) is 5.78 Å². The Hall–Kier alpha value is -2.14. The van der Waals surface area contributed by atoms with E-state index in [-0.39, 0.29) is 11.7 Å². The van der Waals surface area contributed by atoms with E-state index in [2.05, 4.69) is 21.2 Å². The van der Waals surface area contributed by atoms with Crippen molar-refractivity contribution in [2.45, 2.75) is 19.8 Å². The molecule has 0 bridgehead atoms. The first-order chi connectivity index (χ1) is 11.1. The summed E-state index contributed by atoms with van der Waals surface area (Å²) in [7, 11) is 0. The van der Waals surface area contributed by atoms with Crippen LogP contribution in [0, 0.1) is 0 Å². The minimum Gasteiger partial charge on any atom is -0.494 e. The molecular weight excluding hydrogens is 358 g/mol. The average Bonchev–Trinajstić information content (AvgIpc) is 2.53. The van der Waals surface area contributed by atoms with Gasteiger partial charge in [-0.25, -0.2) is 0 Å². The van der Waals surface area contributed by atoms with Crippen LogP contribution < -0.4 is 10.1 Å². The molecule has 0 heterocycles. The molecular formula is C18H18BrNO3. The highest BCUT2D eigenvalue weighted by Gasteiger charge is 2.09. The van der Waals surface area contributed by atoms with Crippen molar-refractivity contribution in [3.8, 4) is 5.75 Å². The fourth-order valence-electron chi connectivity index (χ4n) is 2.07. The number of para-hydroxylation sites is 1. The Kier molecular flexibility index (Phi) is 6.35. The Labute approximate surface area is 144 Å². The van der Waals surface area contributed by atoms with Crippen LogP contribution in [0.2, 0.25) is 0 Å². The van der Waals surface area contributed by atoms with Crippen molar-refractivity contribution in [3.05, 3.63) is 58.6 Å². The summed E-state index contributed by atoms with van der Waals surface area (Å²) in [5.41, 5.74) is 1.07. The third kappa shape index (κ3) is 5.53. The highest BCUT2D eigenvalue weighted by molar-refractivity contribution is 9.10. The molecule has 2 aromatic carbocycles. The monoisotopic (exact) mass is 375 g/mol. The molecule has 23 heavy (non-hydrogen) atoms. The molecule has 0 spiro atoms. The van der Waals surface area contributed by atoms with Crippen molar-refractivity contribution >= 4 is 33.3 Å². The van der Waals surface area contributed by atoms with Gasteiger partial charge in [0.2, 0.25) is 5.91 Å². The summed E-state index contributed by atoms with van der Waals surface area (Å²) < 4.78 is 6.56. The second kappa shape index (κ2) is 8.48. The number of hydrogen-bond acceptors (Lipinski definition) is 3. The van der Waals surface area contributed by atoms with Gasteiger partial charge in [-0.1, -0.05) is 28.1 Å². The highest BCUT2D eigenvalue weighted by atomic mass is 79.9. The van der Waals surface area contributed by atoms with Crippen molar-refractivity contribution in [1.82, 2.24) is 0 Å². The maximum Gasteiger partial charge on any atom is 0.224 e. The summed E-state index contributed by atoms with van der Waals surface area (Å²) in [6, 6.07) is 14.5. The Morgan fingerprint density at radius 3 is 2.48 bits per heavy atom. The zero-order chi connectivity index (χ0) is 16.7. The van der Waals surface area contributed by atoms with Gasteiger partial charge >= 0.3 is 0 Å². The lowest BCUT2D eigenvalue weighted by molar-refractivity contribution is -0.116. The van der Waals surface area contributed by atoms with Crippen LogP contribution in [0.25, 0.3) is 0 Å². The zero-order valence-electron chi connectivity index (χ0n) is 12.8. The summed E-state index contributed by atoms with van der Waals surface area (Å²) in [6.07, 6.45) is 0.937. The third-order valence-corrected chi connectivity index (χ3v) is 3.74. The third-order valence-electron chi connectivity index (χ3n) is 3.21. The highest BCUT2D eigenvalue weighted by Crippen LogP contribution is 2.17. The van der Waals surface area contributed by atoms with Crippen molar-refractivity contribution in [3.63, 3.8) is 0 Å². The molecule has 0 radical (unpaired) electrons. The minimum atomic E-state index is -0.127. The van der Waals surface area contributed by atoms with Crippen LogP contribution in [0.1, 0.15) is 30.1 Å². The molecule has 0 fully saturated rings. The molecule has 0 aliphatic heterocycles. The van der Waals surface area contributed by atoms with E-state index in [1.807, 2.05) is 24.3 Å². The van der Waals surface area contributed by atoms with Crippen LogP contribution in [-0.2, 0) is 4.79 Å². The molecule has 0 aliphatic carbocycles. The molecule has 5 heteroatoms. The predicted octanol–water partition coefficient (Wildman–Crippen LogP) is 4.45. The number of carbonyl (C=O) groups excluding carboxylic acids is 2. The van der Waals surface area contributed by atoms with E-state index in [1.165, 1.54) is 6.92 Å². The molecule has 2 aromatic rings. The fourth-order valence-corrected chi connectivity index (χ4v) is 2.33. The number of halogens is 1. The van der Waals surface area contributed by atoms with Crippen LogP contribution in [0.15, 0.2) is 53.0 Å². The van der Waals surface area contributed by atoms with Gasteiger partial charge in [-0.15, -0.1) is 0 Å². The minimum absolute atomic E-state index is 0.0699. The van der Waals surface area contributed by atoms with Crippen LogP contribution in [0.3, 0.4) is 0 Å². The lowest BCUT2D eigenvalue weighted by atomic mass is 10.1. The number of Topliss-reactive ketones (excluding diaryl/α,β-unsaturated/α-hetero) is 1. The number of amides is 1. The Morgan fingerprint density at radius 2 is 1.78 bits per heavy atom. The summed E-state index contributed by atoms with van der Waals surface area (Å²) in [4.78, 5) is 23.5. The Morgan fingerprint density at radius 1 is 1.09 bits per heavy atom. The first kappa shape index (κ1) is 17.2. The van der Waals surface area contributed by atoms with Gasteiger partial charge in [-0.05, 0) is 49.7 Å². The molecule has 0 saturated carbocycles. The molecule has 0 saturated heterocycles. The second-order valence-electron chi connectivity index (χ2n) is 5.06. The molecule has 2 rings (SSSR count). The number of benzene rings is 2. The van der Waals surface area contributed by atoms with Crippen LogP contribution in [0.4, 0.5) is 5.69 Å². The van der Waals surface area contributed by atoms with E-state index in [9.17, 15) is 9.59 Å². The number of ether oxygens (including phenoxy) is 1. The number of nitrogens with one attached hydrogen (secondary N) is 1. The van der Waals surface area contributed by atoms with E-state index in [0.29, 0.717) is 30.7 Å². The van der Waals surface area contributed by atoms with E-state index in [1.54, 1.807) is 24.3 Å². The summed E-state index contributed by atoms with van der Waals surface area (Å²) in [5, 5.41) is 2.78. The van der Waals surface area contributed by atoms with Gasteiger partial charge in [0.1, 0.15) is 5.75 Å². The molecule has 0 atom stereocenters. The summed E-state index contributed by atoms with van der Waals surface area (Å²) >= 11 is 3.36. The molecule has 120 valence electrons. The first-order valence-electron chi connectivity index (χ1n) is 7.34. The SMILES string of the molecule is CC(=O)c1ccccc1NC(=O)CCCOc1ccc(Br)cc1. The molecule has 0 aliphatic rings. The van der Waals surface area contributed by atoms with Crippen molar-refractivity contribution in [2.75, 3.05) is 11.9 Å². The Bertz CT molecular complexity index is 683. The molecule has 0 unspecified atom stereocenters. The van der Waals surface area contributed by atoms with Gasteiger partial charge < -0.3 is 10.1 Å². The normalized spacial score (nSPS) is 10.2. The molecule has 1 N–H and O–H groups in total. The smallest absolute Gasteiger partial charge is 0.224 e. The molecule has 1 amide bonds. The lowest BCUT2D eigenvalue weighted by Crippen LogP contribution is -2.14. The standard InChI is InChI=1S/C18H18BrNO3/c1-13(21)16-5-2-3-6-17(16)20-18(22)7-4-12-23-15-10-8-14(19)9-11-15/h2-3,5-6,8-11H,4,7,12H2,1H3,(H,20,22). The molecule has 0 aromatic heterocycles. The summed E-state index contributed by atoms with van der Waals surface area (Å²) in [6.45, 7) is 1.94. The van der Waals surface area contributed by atoms with Gasteiger partial charge in [0.05, 0.1) is 12.3 Å². The van der Waals surface area contributed by atoms with Gasteiger partial charge in [0.25, 0.3) is 0 Å². The van der Waals surface area contributed by atoms with Crippen molar-refractivity contribution in [2.24, 2.45) is 0 Å². The number of anilines is 1. The second-order valence-corrected chi connectivity index (χ2v) is 5.97. The quantitative estimate of drug-likeness (QED) is 0.574. The van der Waals surface area contributed by atoms with Gasteiger partial charge in [-0.3, -0.25) is 9.59 Å². The fraction of sp³-hybridized carbons (Fsp3) is 0.222. The number of carbonyl (C=O) groups is 2. The van der Waals surface area contributed by atoms with E-state index >= 15 is 0 Å². The number of hydrogen-bond donors (Lipinski definition) is 1. The zero-order valence-corrected chi connectivity index (χ0v) is 14.4. The van der Waals surface area contributed by atoms with E-state index in [4.69, 9.17) is 4.74 Å². The van der Waals surface area contributed by atoms with Gasteiger partial charge in [-0.2, -0.15) is 0 Å². The number of rotatable bonds is 7. The first-order valence-corrected chi connectivity index (χ1v) is 8.14. The van der Waals surface area contributed by atoms with Crippen molar-refractivity contribution in [1.29, 1.82) is 0 Å². The van der Waals surface area contributed by atoms with E-state index < -0.39 is 0 Å². The maximum absolute atomic E-state index is 12.0. The summed E-state index contributed by atoms with van der Waals surface area (Å²) in [5.74, 6) is 0.577. The Balaban J connectivity index is 1.77. The predicted molar refractivity (Wildman–Crippen MR) is 93.9 cm³/mol.